The van der Waals surface area contributed by atoms with Crippen molar-refractivity contribution in [3.63, 3.8) is 0 Å². The van der Waals surface area contributed by atoms with Crippen LogP contribution < -0.4 is 9.41 Å². The molecule has 0 aromatic carbocycles. The van der Waals surface area contributed by atoms with Crippen molar-refractivity contribution in [2.24, 2.45) is 0 Å². The van der Waals surface area contributed by atoms with E-state index in [1.165, 1.54) is 0 Å². The van der Waals surface area contributed by atoms with Gasteiger partial charge in [0.1, 0.15) is 0 Å². The van der Waals surface area contributed by atoms with Gasteiger partial charge >= 0.3 is 60.8 Å². The molecule has 28 valence electrons. The SMILES string of the molecule is O.[Ca+2].[F-].[F-].[H-].[H-].[Mg+2]. The summed E-state index contributed by atoms with van der Waals surface area (Å²) in [7, 11) is 0. The Balaban J connectivity index is 0. The molecule has 1 nitrogen and oxygen atoms in total. The fourth-order valence-corrected chi connectivity index (χ4v) is 0. The van der Waals surface area contributed by atoms with Gasteiger partial charge in [-0.05, 0) is 0 Å². The Labute approximate surface area is 77.7 Å². The Kier molecular flexibility index (Phi) is 553. The minimum Gasteiger partial charge on any atom is -1.00 e. The summed E-state index contributed by atoms with van der Waals surface area (Å²) in [5.41, 5.74) is 0. The van der Waals surface area contributed by atoms with Gasteiger partial charge in [-0.3, -0.25) is 0 Å². The number of hydrogen-bond donors (Lipinski definition) is 0. The predicted octanol–water partition coefficient (Wildman–Crippen LogP) is -7.35. The molecule has 0 bridgehead atoms. The average molecular weight is 122 g/mol. The summed E-state index contributed by atoms with van der Waals surface area (Å²) >= 11 is 0. The molecule has 0 aliphatic rings. The van der Waals surface area contributed by atoms with Gasteiger partial charge in [-0.1, -0.05) is 0 Å². The van der Waals surface area contributed by atoms with E-state index in [4.69, 9.17) is 0 Å². The van der Waals surface area contributed by atoms with Crippen molar-refractivity contribution in [3.05, 3.63) is 0 Å². The van der Waals surface area contributed by atoms with Crippen LogP contribution in [-0.4, -0.2) is 66.3 Å². The van der Waals surface area contributed by atoms with E-state index in [1.807, 2.05) is 0 Å². The quantitative estimate of drug-likeness (QED) is 0.286. The van der Waals surface area contributed by atoms with Crippen LogP contribution in [0, 0.1) is 0 Å². The average Bonchev–Trinajstić information content (AvgIpc) is 0. The summed E-state index contributed by atoms with van der Waals surface area (Å²) in [5, 5.41) is 0. The summed E-state index contributed by atoms with van der Waals surface area (Å²) < 4.78 is 0. The van der Waals surface area contributed by atoms with Crippen LogP contribution in [0.3, 0.4) is 0 Å². The van der Waals surface area contributed by atoms with Crippen LogP contribution in [-0.2, 0) is 0 Å². The van der Waals surface area contributed by atoms with Crippen molar-refractivity contribution >= 4 is 60.8 Å². The minimum absolute atomic E-state index is 0. The molecule has 5 heavy (non-hydrogen) atoms. The molecule has 0 aromatic rings. The Morgan fingerprint density at radius 3 is 1.00 bits per heavy atom. The molecule has 0 amide bonds. The normalized spacial score (nSPS) is 0. The molecule has 5 heteroatoms. The third-order valence-electron chi connectivity index (χ3n) is 0. The Hall–Kier alpha value is 1.85. The Morgan fingerprint density at radius 2 is 1.00 bits per heavy atom. The third kappa shape index (κ3) is 25.4. The van der Waals surface area contributed by atoms with Gasteiger partial charge in [0.05, 0.1) is 0 Å². The molecule has 0 aliphatic carbocycles. The Bertz CT molecular complexity index is 15.7. The molecule has 0 spiro atoms. The van der Waals surface area contributed by atoms with Crippen LogP contribution >= 0.6 is 0 Å². The zero-order valence-corrected chi connectivity index (χ0v) is 6.29. The van der Waals surface area contributed by atoms with Crippen molar-refractivity contribution in [1.29, 1.82) is 0 Å². The van der Waals surface area contributed by atoms with Crippen LogP contribution in [0.5, 0.6) is 0 Å². The van der Waals surface area contributed by atoms with Gasteiger partial charge in [-0.2, -0.15) is 0 Å². The monoisotopic (exact) mass is 122 g/mol. The van der Waals surface area contributed by atoms with Gasteiger partial charge in [0.15, 0.2) is 0 Å². The van der Waals surface area contributed by atoms with Gasteiger partial charge in [-0.25, -0.2) is 0 Å². The summed E-state index contributed by atoms with van der Waals surface area (Å²) in [6.45, 7) is 0. The fraction of sp³-hybridized carbons (Fsp3) is 0. The zero-order chi connectivity index (χ0) is 0. The summed E-state index contributed by atoms with van der Waals surface area (Å²) in [5.74, 6) is 0. The molecule has 0 saturated heterocycles. The van der Waals surface area contributed by atoms with Gasteiger partial charge in [0.2, 0.25) is 0 Å². The maximum Gasteiger partial charge on any atom is 2.00 e. The molecule has 0 fully saturated rings. The summed E-state index contributed by atoms with van der Waals surface area (Å²) in [6, 6.07) is 0. The summed E-state index contributed by atoms with van der Waals surface area (Å²) in [6.07, 6.45) is 0. The largest absolute Gasteiger partial charge is 2.00 e. The smallest absolute Gasteiger partial charge is 1.00 e. The molecule has 0 radical (unpaired) electrons. The standard InChI is InChI=1S/Ca.2FH.Mg.H2O.2H/h;2*1H;;1H2;;/q+2;;;+2;;2*-1/p-2. The van der Waals surface area contributed by atoms with Gasteiger partial charge in [0, 0.05) is 0 Å². The second-order valence-corrected chi connectivity index (χ2v) is 0. The van der Waals surface area contributed by atoms with Gasteiger partial charge in [-0.15, -0.1) is 0 Å². The maximum absolute atomic E-state index is 0. The molecule has 0 unspecified atom stereocenters. The zero-order valence-electron chi connectivity index (χ0n) is 4.67. The van der Waals surface area contributed by atoms with E-state index in [1.54, 1.807) is 0 Å². The van der Waals surface area contributed by atoms with Crippen molar-refractivity contribution in [2.45, 2.75) is 0 Å². The molecular formula is H4CaF2MgO. The first-order valence-corrected chi connectivity index (χ1v) is 0. The van der Waals surface area contributed by atoms with Crippen LogP contribution in [0.15, 0.2) is 0 Å². The third-order valence-corrected chi connectivity index (χ3v) is 0. The molecule has 0 saturated carbocycles. The second kappa shape index (κ2) is 40.3. The van der Waals surface area contributed by atoms with Gasteiger partial charge in [0.25, 0.3) is 0 Å². The van der Waals surface area contributed by atoms with E-state index in [0.717, 1.165) is 0 Å². The molecule has 0 aromatic heterocycles. The van der Waals surface area contributed by atoms with Crippen molar-refractivity contribution in [1.82, 2.24) is 0 Å². The van der Waals surface area contributed by atoms with Crippen molar-refractivity contribution in [3.8, 4) is 0 Å². The molecule has 0 rings (SSSR count). The number of rotatable bonds is 0. The fourth-order valence-electron chi connectivity index (χ4n) is 0. The first kappa shape index (κ1) is 68.7. The summed E-state index contributed by atoms with van der Waals surface area (Å²) in [4.78, 5) is 0. The first-order valence-electron chi connectivity index (χ1n) is 0. The van der Waals surface area contributed by atoms with Crippen molar-refractivity contribution < 1.29 is 17.7 Å². The van der Waals surface area contributed by atoms with E-state index >= 15 is 0 Å². The van der Waals surface area contributed by atoms with Crippen molar-refractivity contribution in [2.75, 3.05) is 0 Å². The van der Waals surface area contributed by atoms with Gasteiger partial charge < -0.3 is 17.7 Å². The number of halogens is 2. The van der Waals surface area contributed by atoms with E-state index in [2.05, 4.69) is 0 Å². The molecule has 0 aliphatic heterocycles. The van der Waals surface area contributed by atoms with Crippen LogP contribution in [0.2, 0.25) is 0 Å². The number of hydrogen-bond acceptors (Lipinski definition) is 0. The van der Waals surface area contributed by atoms with E-state index < -0.39 is 0 Å². The van der Waals surface area contributed by atoms with Crippen LogP contribution in [0.25, 0.3) is 0 Å². The molecule has 0 heterocycles. The first-order chi connectivity index (χ1) is 0. The van der Waals surface area contributed by atoms with E-state index in [9.17, 15) is 0 Å². The molecule has 2 N–H and O–H groups in total. The van der Waals surface area contributed by atoms with E-state index in [-0.39, 0.29) is 78.5 Å². The molecule has 0 atom stereocenters. The minimum atomic E-state index is 0. The predicted molar refractivity (Wildman–Crippen MR) is 17.3 cm³/mol. The second-order valence-electron chi connectivity index (χ2n) is 0. The topological polar surface area (TPSA) is 31.5 Å². The van der Waals surface area contributed by atoms with E-state index in [0.29, 0.717) is 0 Å². The Morgan fingerprint density at radius 1 is 1.00 bits per heavy atom. The maximum atomic E-state index is 0. The molecular weight excluding hydrogens is 118 g/mol. The van der Waals surface area contributed by atoms with Crippen LogP contribution in [0.4, 0.5) is 0 Å². The van der Waals surface area contributed by atoms with Crippen LogP contribution in [0.1, 0.15) is 2.85 Å².